The molecule has 0 aliphatic carbocycles. The average molecular weight is 198 g/mol. The molecule has 0 radical (unpaired) electrons. The van der Waals surface area contributed by atoms with E-state index in [1.807, 2.05) is 0 Å². The molecule has 0 amide bonds. The van der Waals surface area contributed by atoms with E-state index >= 15 is 0 Å². The molecule has 0 aliphatic heterocycles. The van der Waals surface area contributed by atoms with E-state index in [0.717, 1.165) is 0 Å². The Labute approximate surface area is 126 Å². The SMILES string of the molecule is O=C(O)OC(=O)O.[K][CH2][K]. The van der Waals surface area contributed by atoms with Crippen molar-refractivity contribution in [3.05, 3.63) is 0 Å². The second kappa shape index (κ2) is 11.0. The van der Waals surface area contributed by atoms with Crippen LogP contribution in [-0.2, 0) is 4.74 Å². The Morgan fingerprint density at radius 2 is 1.40 bits per heavy atom. The van der Waals surface area contributed by atoms with E-state index in [4.69, 9.17) is 10.2 Å². The first kappa shape index (κ1) is 14.5. The van der Waals surface area contributed by atoms with E-state index in [1.54, 1.807) is -5.39 Å². The fraction of sp³-hybridized carbons (Fsp3) is 0.333. The van der Waals surface area contributed by atoms with Gasteiger partial charge in [0, 0.05) is 0 Å². The molecule has 0 unspecified atom stereocenters. The third kappa shape index (κ3) is 22.5. The molecule has 0 aromatic heterocycles. The van der Waals surface area contributed by atoms with Crippen molar-refractivity contribution in [2.45, 2.75) is -5.39 Å². The molecular weight excluding hydrogens is 194 g/mol. The van der Waals surface area contributed by atoms with Gasteiger partial charge in [0.05, 0.1) is 0 Å². The molecule has 5 nitrogen and oxygen atoms in total. The molecule has 10 heavy (non-hydrogen) atoms. The van der Waals surface area contributed by atoms with Crippen molar-refractivity contribution in [1.29, 1.82) is 0 Å². The van der Waals surface area contributed by atoms with Gasteiger partial charge in [0.1, 0.15) is 0 Å². The molecule has 0 bridgehead atoms. The third-order valence-electron chi connectivity index (χ3n) is 0.175. The zero-order valence-electron chi connectivity index (χ0n) is 5.83. The molecule has 7 heteroatoms. The summed E-state index contributed by atoms with van der Waals surface area (Å²) in [5.74, 6) is 0. The van der Waals surface area contributed by atoms with E-state index in [0.29, 0.717) is 0 Å². The number of rotatable bonds is 0. The molecule has 0 saturated heterocycles. The Balaban J connectivity index is 0. The van der Waals surface area contributed by atoms with Crippen molar-refractivity contribution < 1.29 is 24.5 Å². The van der Waals surface area contributed by atoms with Crippen LogP contribution in [0, 0.1) is 0 Å². The zero-order chi connectivity index (χ0) is 8.57. The fourth-order valence-corrected chi connectivity index (χ4v) is 0.0747. The summed E-state index contributed by atoms with van der Waals surface area (Å²) in [5, 5.41) is 15.0. The summed E-state index contributed by atoms with van der Waals surface area (Å²) in [6, 6.07) is 0. The molecule has 0 aromatic carbocycles. The van der Waals surface area contributed by atoms with E-state index in [2.05, 4.69) is 4.74 Å². The number of hydrogen-bond donors (Lipinski definition) is 2. The van der Waals surface area contributed by atoms with E-state index in [1.165, 1.54) is 97.9 Å². The van der Waals surface area contributed by atoms with Gasteiger partial charge in [-0.15, -0.1) is 0 Å². The summed E-state index contributed by atoms with van der Waals surface area (Å²) in [6.45, 7) is 0. The Morgan fingerprint density at radius 3 is 1.40 bits per heavy atom. The van der Waals surface area contributed by atoms with E-state index in [-0.39, 0.29) is 0 Å². The predicted octanol–water partition coefficient (Wildman–Crippen LogP) is 0.0582. The normalized spacial score (nSPS) is 7.20. The van der Waals surface area contributed by atoms with Crippen LogP contribution >= 0.6 is 0 Å². The van der Waals surface area contributed by atoms with Crippen LogP contribution in [0.2, 0.25) is -5.39 Å². The summed E-state index contributed by atoms with van der Waals surface area (Å²) >= 11 is 2.38. The summed E-state index contributed by atoms with van der Waals surface area (Å²) in [7, 11) is 0. The van der Waals surface area contributed by atoms with Crippen LogP contribution in [-0.4, -0.2) is 120 Å². The predicted molar refractivity (Wildman–Crippen MR) is 33.4 cm³/mol. The average Bonchev–Trinajstić information content (AvgIpc) is 1.62. The maximum absolute atomic E-state index is 9.21. The summed E-state index contributed by atoms with van der Waals surface area (Å²) in [6.07, 6.45) is -3.62. The van der Waals surface area contributed by atoms with Gasteiger partial charge in [-0.1, -0.05) is 0 Å². The van der Waals surface area contributed by atoms with Crippen molar-refractivity contribution in [3.8, 4) is 0 Å². The van der Waals surface area contributed by atoms with Gasteiger partial charge >= 0.3 is 105 Å². The van der Waals surface area contributed by atoms with Crippen LogP contribution in [0.25, 0.3) is 0 Å². The standard InChI is InChI=1S/C2H2O5.CH2.2K/c3-1(4)7-2(5)6;;;/h(H,3,4)(H,5,6);1H2;;. The zero-order valence-corrected chi connectivity index (χ0v) is 12.1. The monoisotopic (exact) mass is 198 g/mol. The molecule has 0 aromatic rings. The van der Waals surface area contributed by atoms with Crippen molar-refractivity contribution in [2.75, 3.05) is 0 Å². The van der Waals surface area contributed by atoms with Crippen LogP contribution in [0.5, 0.6) is 0 Å². The summed E-state index contributed by atoms with van der Waals surface area (Å²) in [5.41, 5.74) is 0. The molecule has 0 rings (SSSR count). The number of carboxylic acid groups (broad SMARTS) is 2. The molecule has 0 aliphatic rings. The first-order valence-electron chi connectivity index (χ1n) is 2.68. The number of hydrogen-bond acceptors (Lipinski definition) is 3. The van der Waals surface area contributed by atoms with Gasteiger partial charge in [-0.3, -0.25) is 0 Å². The molecular formula is C3H4K2O5. The molecule has 0 fully saturated rings. The summed E-state index contributed by atoms with van der Waals surface area (Å²) in [4.78, 5) is 18.4. The van der Waals surface area contributed by atoms with Gasteiger partial charge in [-0.2, -0.15) is 0 Å². The Morgan fingerprint density at radius 1 is 1.20 bits per heavy atom. The van der Waals surface area contributed by atoms with E-state index in [9.17, 15) is 9.59 Å². The molecule has 0 heterocycles. The topological polar surface area (TPSA) is 83.8 Å². The van der Waals surface area contributed by atoms with Gasteiger partial charge in [0.2, 0.25) is 0 Å². The van der Waals surface area contributed by atoms with Crippen LogP contribution in [0.15, 0.2) is 0 Å². The van der Waals surface area contributed by atoms with Gasteiger partial charge < -0.3 is 14.9 Å². The van der Waals surface area contributed by atoms with Gasteiger partial charge in [-0.05, 0) is 0 Å². The fourth-order valence-electron chi connectivity index (χ4n) is 0.0747. The quantitative estimate of drug-likeness (QED) is 0.326. The third-order valence-corrected chi connectivity index (χ3v) is 0.175. The molecule has 48 valence electrons. The molecule has 0 spiro atoms. The second-order valence-electron chi connectivity index (χ2n) is 1.34. The first-order chi connectivity index (χ1) is 4.54. The Kier molecular flexibility index (Phi) is 16.0. The van der Waals surface area contributed by atoms with Crippen LogP contribution in [0.1, 0.15) is 0 Å². The van der Waals surface area contributed by atoms with Crippen molar-refractivity contribution in [2.24, 2.45) is 0 Å². The first-order valence-corrected chi connectivity index (χ1v) is 7.09. The molecule has 0 saturated carbocycles. The van der Waals surface area contributed by atoms with Crippen molar-refractivity contribution in [1.82, 2.24) is 0 Å². The van der Waals surface area contributed by atoms with Gasteiger partial charge in [0.15, 0.2) is 0 Å². The van der Waals surface area contributed by atoms with E-state index < -0.39 is 12.3 Å². The Hall–Kier alpha value is 2.01. The summed E-state index contributed by atoms with van der Waals surface area (Å²) < 4.78 is 4.71. The minimum atomic E-state index is -1.81. The number of ether oxygens (including phenoxy) is 1. The van der Waals surface area contributed by atoms with Crippen molar-refractivity contribution >= 4 is 110 Å². The van der Waals surface area contributed by atoms with Gasteiger partial charge in [0.25, 0.3) is 0 Å². The molecule has 0 atom stereocenters. The number of carbonyl (C=O) groups is 2. The second-order valence-corrected chi connectivity index (χ2v) is 12.7. The van der Waals surface area contributed by atoms with Crippen molar-refractivity contribution in [3.63, 3.8) is 0 Å². The maximum atomic E-state index is 9.21. The van der Waals surface area contributed by atoms with Crippen LogP contribution in [0.3, 0.4) is 0 Å². The van der Waals surface area contributed by atoms with Crippen LogP contribution < -0.4 is 0 Å². The van der Waals surface area contributed by atoms with Gasteiger partial charge in [-0.25, -0.2) is 9.59 Å². The Bertz CT molecular complexity index is 101. The minimum absolute atomic E-state index is 1.19. The van der Waals surface area contributed by atoms with Crippen LogP contribution in [0.4, 0.5) is 9.59 Å². The molecule has 2 N–H and O–H groups in total.